The topological polar surface area (TPSA) is 118 Å². The van der Waals surface area contributed by atoms with Crippen molar-refractivity contribution < 1.29 is 26.9 Å². The summed E-state index contributed by atoms with van der Waals surface area (Å²) in [4.78, 5) is 21.9. The number of sulfonamides is 1. The van der Waals surface area contributed by atoms with Gasteiger partial charge in [0, 0.05) is 23.7 Å². The number of nitro groups is 1. The van der Waals surface area contributed by atoms with Crippen molar-refractivity contribution in [2.45, 2.75) is 17.7 Å². The molecule has 0 aliphatic carbocycles. The fraction of sp³-hybridized carbons (Fsp3) is 0.136. The molecular formula is C22H18ClF2N3O5S. The summed E-state index contributed by atoms with van der Waals surface area (Å²) in [6, 6.07) is 12.2. The highest BCUT2D eigenvalue weighted by Gasteiger charge is 2.26. The summed E-state index contributed by atoms with van der Waals surface area (Å²) in [6.45, 7) is 1.90. The molecule has 0 saturated heterocycles. The summed E-state index contributed by atoms with van der Waals surface area (Å²) in [7, 11) is -4.73. The molecule has 0 bridgehead atoms. The van der Waals surface area contributed by atoms with Crippen LogP contribution in [0.25, 0.3) is 0 Å². The molecule has 1 amide bonds. The van der Waals surface area contributed by atoms with Gasteiger partial charge in [-0.3, -0.25) is 19.6 Å². The van der Waals surface area contributed by atoms with Crippen LogP contribution >= 0.6 is 11.6 Å². The smallest absolute Gasteiger partial charge is 0.269 e. The zero-order chi connectivity index (χ0) is 25.0. The lowest BCUT2D eigenvalue weighted by atomic mass is 10.0. The zero-order valence-corrected chi connectivity index (χ0v) is 19.2. The van der Waals surface area contributed by atoms with Crippen LogP contribution in [0, 0.1) is 21.7 Å². The number of anilines is 1. The highest BCUT2D eigenvalue weighted by molar-refractivity contribution is 7.92. The SMILES string of the molecule is CC(CNC(=O)c1ccc(Cl)cc1NS(=O)(=O)c1c(F)cccc1F)c1ccc([N+](=O)[O-])cc1. The number of hydrogen-bond donors (Lipinski definition) is 2. The van der Waals surface area contributed by atoms with E-state index >= 15 is 0 Å². The van der Waals surface area contributed by atoms with Crippen LogP contribution in [0.4, 0.5) is 20.2 Å². The second kappa shape index (κ2) is 10.1. The molecule has 0 aromatic heterocycles. The van der Waals surface area contributed by atoms with E-state index in [9.17, 15) is 32.1 Å². The Hall–Kier alpha value is -3.57. The minimum atomic E-state index is -4.73. The molecule has 0 fully saturated rings. The normalized spacial score (nSPS) is 12.1. The van der Waals surface area contributed by atoms with Gasteiger partial charge in [0.25, 0.3) is 21.6 Å². The van der Waals surface area contributed by atoms with E-state index in [0.717, 1.165) is 29.8 Å². The van der Waals surface area contributed by atoms with Crippen LogP contribution < -0.4 is 10.0 Å². The van der Waals surface area contributed by atoms with Crippen molar-refractivity contribution in [3.05, 3.63) is 98.6 Å². The molecule has 3 rings (SSSR count). The second-order valence-electron chi connectivity index (χ2n) is 7.31. The zero-order valence-electron chi connectivity index (χ0n) is 17.6. The third kappa shape index (κ3) is 5.67. The molecule has 3 aromatic rings. The predicted molar refractivity (Wildman–Crippen MR) is 122 cm³/mol. The minimum absolute atomic E-state index is 0.0654. The number of hydrogen-bond acceptors (Lipinski definition) is 5. The maximum atomic E-state index is 14.0. The number of benzene rings is 3. The van der Waals surface area contributed by atoms with Crippen LogP contribution in [0.3, 0.4) is 0 Å². The fourth-order valence-electron chi connectivity index (χ4n) is 3.12. The Balaban J connectivity index is 1.80. The van der Waals surface area contributed by atoms with Crippen molar-refractivity contribution >= 4 is 38.9 Å². The van der Waals surface area contributed by atoms with Gasteiger partial charge in [0.1, 0.15) is 11.6 Å². The maximum Gasteiger partial charge on any atom is 0.269 e. The monoisotopic (exact) mass is 509 g/mol. The first-order valence-corrected chi connectivity index (χ1v) is 11.6. The average Bonchev–Trinajstić information content (AvgIpc) is 2.76. The summed E-state index contributed by atoms with van der Waals surface area (Å²) in [5.74, 6) is -3.49. The Kier molecular flexibility index (Phi) is 7.48. The van der Waals surface area contributed by atoms with E-state index in [1.807, 2.05) is 4.72 Å². The fourth-order valence-corrected chi connectivity index (χ4v) is 4.50. The molecule has 178 valence electrons. The molecule has 8 nitrogen and oxygen atoms in total. The molecule has 1 unspecified atom stereocenters. The van der Waals surface area contributed by atoms with Crippen molar-refractivity contribution in [3.63, 3.8) is 0 Å². The van der Waals surface area contributed by atoms with Crippen LogP contribution in [0.1, 0.15) is 28.8 Å². The van der Waals surface area contributed by atoms with E-state index in [2.05, 4.69) is 5.32 Å². The first-order valence-electron chi connectivity index (χ1n) is 9.78. The van der Waals surface area contributed by atoms with Gasteiger partial charge in [0.05, 0.1) is 16.2 Å². The number of carbonyl (C=O) groups excluding carboxylic acids is 1. The van der Waals surface area contributed by atoms with Gasteiger partial charge in [-0.15, -0.1) is 0 Å². The first kappa shape index (κ1) is 25.1. The summed E-state index contributed by atoms with van der Waals surface area (Å²) in [6.07, 6.45) is 0. The highest BCUT2D eigenvalue weighted by Crippen LogP contribution is 2.27. The van der Waals surface area contributed by atoms with Gasteiger partial charge in [-0.1, -0.05) is 36.7 Å². The predicted octanol–water partition coefficient (Wildman–Crippen LogP) is 4.86. The van der Waals surface area contributed by atoms with E-state index in [4.69, 9.17) is 11.6 Å². The molecule has 3 aromatic carbocycles. The van der Waals surface area contributed by atoms with Crippen molar-refractivity contribution in [2.24, 2.45) is 0 Å². The summed E-state index contributed by atoms with van der Waals surface area (Å²) >= 11 is 5.94. The molecule has 0 aliphatic heterocycles. The Labute approximate surface area is 198 Å². The van der Waals surface area contributed by atoms with Crippen LogP contribution in [-0.2, 0) is 10.0 Å². The number of nitro benzene ring substituents is 1. The Bertz CT molecular complexity index is 1330. The quantitative estimate of drug-likeness (QED) is 0.332. The number of carbonyl (C=O) groups is 1. The molecule has 0 saturated carbocycles. The van der Waals surface area contributed by atoms with Gasteiger partial charge in [0.15, 0.2) is 4.90 Å². The number of nitrogens with zero attached hydrogens (tertiary/aromatic N) is 1. The van der Waals surface area contributed by atoms with Crippen molar-refractivity contribution in [2.75, 3.05) is 11.3 Å². The number of halogens is 3. The largest absolute Gasteiger partial charge is 0.351 e. The molecule has 34 heavy (non-hydrogen) atoms. The van der Waals surface area contributed by atoms with Gasteiger partial charge in [0.2, 0.25) is 0 Å². The summed E-state index contributed by atoms with van der Waals surface area (Å²) in [5.41, 5.74) is 0.276. The molecule has 2 N–H and O–H groups in total. The van der Waals surface area contributed by atoms with Crippen molar-refractivity contribution in [3.8, 4) is 0 Å². The number of nitrogens with one attached hydrogen (secondary N) is 2. The van der Waals surface area contributed by atoms with Gasteiger partial charge in [-0.05, 0) is 41.8 Å². The first-order chi connectivity index (χ1) is 16.0. The third-order valence-electron chi connectivity index (χ3n) is 4.90. The van der Waals surface area contributed by atoms with Crippen LogP contribution in [0.5, 0.6) is 0 Å². The second-order valence-corrected chi connectivity index (χ2v) is 9.36. The van der Waals surface area contributed by atoms with Crippen LogP contribution in [0.2, 0.25) is 5.02 Å². The van der Waals surface area contributed by atoms with Gasteiger partial charge in [-0.25, -0.2) is 17.2 Å². The standard InChI is InChI=1S/C22H18ClF2N3O5S/c1-13(14-5-8-16(9-6-14)28(30)31)12-26-22(29)17-10-7-15(23)11-20(17)27-34(32,33)21-18(24)3-2-4-19(21)25/h2-11,13,27H,12H2,1H3,(H,26,29). The molecule has 1 atom stereocenters. The van der Waals surface area contributed by atoms with Crippen molar-refractivity contribution in [1.82, 2.24) is 5.32 Å². The molecular weight excluding hydrogens is 492 g/mol. The van der Waals surface area contributed by atoms with E-state index in [-0.39, 0.29) is 34.4 Å². The lowest BCUT2D eigenvalue weighted by Crippen LogP contribution is -2.29. The van der Waals surface area contributed by atoms with E-state index in [0.29, 0.717) is 0 Å². The van der Waals surface area contributed by atoms with E-state index in [1.54, 1.807) is 19.1 Å². The Morgan fingerprint density at radius 2 is 1.71 bits per heavy atom. The number of amides is 1. The molecule has 0 heterocycles. The van der Waals surface area contributed by atoms with Gasteiger partial charge < -0.3 is 5.32 Å². The van der Waals surface area contributed by atoms with E-state index in [1.165, 1.54) is 24.3 Å². The lowest BCUT2D eigenvalue weighted by Gasteiger charge is -2.16. The molecule has 12 heteroatoms. The van der Waals surface area contributed by atoms with Gasteiger partial charge in [-0.2, -0.15) is 0 Å². The number of non-ortho nitro benzene ring substituents is 1. The lowest BCUT2D eigenvalue weighted by molar-refractivity contribution is -0.384. The molecule has 0 aliphatic rings. The Morgan fingerprint density at radius 3 is 2.29 bits per heavy atom. The summed E-state index contributed by atoms with van der Waals surface area (Å²) < 4.78 is 55.4. The third-order valence-corrected chi connectivity index (χ3v) is 6.55. The van der Waals surface area contributed by atoms with Crippen LogP contribution in [-0.4, -0.2) is 25.8 Å². The molecule has 0 spiro atoms. The summed E-state index contributed by atoms with van der Waals surface area (Å²) in [5, 5.41) is 13.5. The Morgan fingerprint density at radius 1 is 1.09 bits per heavy atom. The maximum absolute atomic E-state index is 14.0. The molecule has 0 radical (unpaired) electrons. The average molecular weight is 510 g/mol. The highest BCUT2D eigenvalue weighted by atomic mass is 35.5. The van der Waals surface area contributed by atoms with E-state index < -0.39 is 37.4 Å². The van der Waals surface area contributed by atoms with Crippen molar-refractivity contribution in [1.29, 1.82) is 0 Å². The number of rotatable bonds is 8. The van der Waals surface area contributed by atoms with Gasteiger partial charge >= 0.3 is 0 Å². The minimum Gasteiger partial charge on any atom is -0.351 e. The van der Waals surface area contributed by atoms with Crippen LogP contribution in [0.15, 0.2) is 65.6 Å².